The molecular formula is C14H10ClFN4O2. The predicted molar refractivity (Wildman–Crippen MR) is 76.8 cm³/mol. The number of amides is 2. The Bertz CT molecular complexity index is 766. The van der Waals surface area contributed by atoms with Crippen molar-refractivity contribution in [3.8, 4) is 0 Å². The summed E-state index contributed by atoms with van der Waals surface area (Å²) < 4.78 is 13.1. The second kappa shape index (κ2) is 5.34. The zero-order valence-corrected chi connectivity index (χ0v) is 11.9. The zero-order valence-electron chi connectivity index (χ0n) is 11.2. The Labute approximate surface area is 129 Å². The van der Waals surface area contributed by atoms with Crippen LogP contribution in [0.2, 0.25) is 5.15 Å². The number of aromatic nitrogens is 2. The van der Waals surface area contributed by atoms with E-state index < -0.39 is 23.5 Å². The monoisotopic (exact) mass is 320 g/mol. The Kier molecular flexibility index (Phi) is 3.50. The third kappa shape index (κ3) is 2.29. The molecule has 112 valence electrons. The van der Waals surface area contributed by atoms with Crippen LogP contribution in [0.1, 0.15) is 17.0 Å². The average Bonchev–Trinajstić information content (AvgIpc) is 2.74. The summed E-state index contributed by atoms with van der Waals surface area (Å²) in [6.45, 7) is -0.309. The third-order valence-corrected chi connectivity index (χ3v) is 3.69. The molecule has 1 aromatic heterocycles. The normalized spacial score (nSPS) is 16.7. The first-order valence-electron chi connectivity index (χ1n) is 6.34. The quantitative estimate of drug-likeness (QED) is 0.861. The first-order chi connectivity index (χ1) is 10.5. The SMILES string of the molecule is NC(=O)CN1C(=O)[C@H](c2ccc(F)cc2)c2c(Cl)ncnc21. The van der Waals surface area contributed by atoms with Gasteiger partial charge in [-0.2, -0.15) is 0 Å². The van der Waals surface area contributed by atoms with Crippen LogP contribution in [0.5, 0.6) is 0 Å². The van der Waals surface area contributed by atoms with E-state index in [1.54, 1.807) is 0 Å². The minimum Gasteiger partial charge on any atom is -0.368 e. The van der Waals surface area contributed by atoms with Gasteiger partial charge in [-0.3, -0.25) is 14.5 Å². The van der Waals surface area contributed by atoms with Crippen LogP contribution in [-0.4, -0.2) is 28.3 Å². The topological polar surface area (TPSA) is 89.2 Å². The molecular weight excluding hydrogens is 311 g/mol. The molecule has 0 saturated heterocycles. The average molecular weight is 321 g/mol. The maximum Gasteiger partial charge on any atom is 0.240 e. The lowest BCUT2D eigenvalue weighted by Gasteiger charge is -2.14. The first kappa shape index (κ1) is 14.4. The number of nitrogens with zero attached hydrogens (tertiary/aromatic N) is 3. The van der Waals surface area contributed by atoms with E-state index >= 15 is 0 Å². The predicted octanol–water partition coefficient (Wildman–Crippen LogP) is 1.23. The summed E-state index contributed by atoms with van der Waals surface area (Å²) in [5.41, 5.74) is 6.10. The van der Waals surface area contributed by atoms with Crippen molar-refractivity contribution in [2.24, 2.45) is 5.73 Å². The van der Waals surface area contributed by atoms with Crippen molar-refractivity contribution in [2.75, 3.05) is 11.4 Å². The van der Waals surface area contributed by atoms with Gasteiger partial charge in [0.2, 0.25) is 11.8 Å². The van der Waals surface area contributed by atoms with Gasteiger partial charge in [-0.15, -0.1) is 0 Å². The summed E-state index contributed by atoms with van der Waals surface area (Å²) in [7, 11) is 0. The number of hydrogen-bond acceptors (Lipinski definition) is 4. The molecule has 1 atom stereocenters. The van der Waals surface area contributed by atoms with E-state index in [2.05, 4.69) is 9.97 Å². The van der Waals surface area contributed by atoms with Crippen LogP contribution in [-0.2, 0) is 9.59 Å². The van der Waals surface area contributed by atoms with Gasteiger partial charge >= 0.3 is 0 Å². The highest BCUT2D eigenvalue weighted by Crippen LogP contribution is 2.42. The number of fused-ring (bicyclic) bond motifs is 1. The van der Waals surface area contributed by atoms with Crippen molar-refractivity contribution in [1.29, 1.82) is 0 Å². The molecule has 0 saturated carbocycles. The van der Waals surface area contributed by atoms with Gasteiger partial charge in [0.05, 0.1) is 5.92 Å². The molecule has 0 aliphatic carbocycles. The fraction of sp³-hybridized carbons (Fsp3) is 0.143. The summed E-state index contributed by atoms with van der Waals surface area (Å²) in [4.78, 5) is 32.9. The molecule has 2 aromatic rings. The molecule has 2 amide bonds. The first-order valence-corrected chi connectivity index (χ1v) is 6.72. The lowest BCUT2D eigenvalue weighted by molar-refractivity contribution is -0.122. The van der Waals surface area contributed by atoms with E-state index in [0.29, 0.717) is 11.1 Å². The van der Waals surface area contributed by atoms with E-state index in [-0.39, 0.29) is 17.5 Å². The Balaban J connectivity index is 2.14. The van der Waals surface area contributed by atoms with Crippen LogP contribution in [0.25, 0.3) is 0 Å². The zero-order chi connectivity index (χ0) is 15.9. The van der Waals surface area contributed by atoms with Gasteiger partial charge in [0.15, 0.2) is 0 Å². The molecule has 0 fully saturated rings. The Hall–Kier alpha value is -2.54. The summed E-state index contributed by atoms with van der Waals surface area (Å²) in [5.74, 6) is -2.03. The van der Waals surface area contributed by atoms with E-state index in [4.69, 9.17) is 17.3 Å². The van der Waals surface area contributed by atoms with Gasteiger partial charge in [-0.1, -0.05) is 23.7 Å². The smallest absolute Gasteiger partial charge is 0.240 e. The number of carbonyl (C=O) groups excluding carboxylic acids is 2. The summed E-state index contributed by atoms with van der Waals surface area (Å²) in [6.07, 6.45) is 1.20. The number of nitrogens with two attached hydrogens (primary N) is 1. The maximum atomic E-state index is 13.1. The second-order valence-electron chi connectivity index (χ2n) is 4.78. The maximum absolute atomic E-state index is 13.1. The number of halogens is 2. The Morgan fingerprint density at radius 1 is 1.32 bits per heavy atom. The molecule has 3 rings (SSSR count). The standard InChI is InChI=1S/C14H10ClFN4O2/c15-12-11-10(7-1-3-8(16)4-2-7)14(22)20(5-9(17)21)13(11)19-6-18-12/h1-4,6,10H,5H2,(H2,17,21)/t10-/m1/s1. The highest BCUT2D eigenvalue weighted by molar-refractivity contribution is 6.31. The van der Waals surface area contributed by atoms with Crippen LogP contribution >= 0.6 is 11.6 Å². The van der Waals surface area contributed by atoms with Crippen LogP contribution in [0.15, 0.2) is 30.6 Å². The number of benzene rings is 1. The summed E-state index contributed by atoms with van der Waals surface area (Å²) >= 11 is 6.09. The van der Waals surface area contributed by atoms with Gasteiger partial charge in [0.25, 0.3) is 0 Å². The van der Waals surface area contributed by atoms with E-state index in [1.807, 2.05) is 0 Å². The van der Waals surface area contributed by atoms with Crippen molar-refractivity contribution < 1.29 is 14.0 Å². The summed E-state index contributed by atoms with van der Waals surface area (Å²) in [6, 6.07) is 5.46. The molecule has 8 heteroatoms. The lowest BCUT2D eigenvalue weighted by Crippen LogP contribution is -2.37. The molecule has 0 radical (unpaired) electrons. The second-order valence-corrected chi connectivity index (χ2v) is 5.14. The molecule has 1 aliphatic rings. The van der Waals surface area contributed by atoms with Crippen molar-refractivity contribution in [1.82, 2.24) is 9.97 Å². The van der Waals surface area contributed by atoms with Crippen molar-refractivity contribution >= 4 is 29.2 Å². The minimum absolute atomic E-state index is 0.111. The highest BCUT2D eigenvalue weighted by atomic mass is 35.5. The fourth-order valence-corrected chi connectivity index (χ4v) is 2.72. The largest absolute Gasteiger partial charge is 0.368 e. The van der Waals surface area contributed by atoms with Crippen LogP contribution in [0.4, 0.5) is 10.2 Å². The van der Waals surface area contributed by atoms with E-state index in [0.717, 1.165) is 0 Å². The molecule has 6 nitrogen and oxygen atoms in total. The van der Waals surface area contributed by atoms with Crippen LogP contribution < -0.4 is 10.6 Å². The molecule has 1 aliphatic heterocycles. The number of rotatable bonds is 3. The van der Waals surface area contributed by atoms with Gasteiger partial charge < -0.3 is 5.73 Å². The molecule has 2 heterocycles. The third-order valence-electron chi connectivity index (χ3n) is 3.39. The fourth-order valence-electron chi connectivity index (χ4n) is 2.49. The number of anilines is 1. The van der Waals surface area contributed by atoms with Gasteiger partial charge in [-0.05, 0) is 17.7 Å². The Morgan fingerprint density at radius 3 is 2.64 bits per heavy atom. The van der Waals surface area contributed by atoms with E-state index in [1.165, 1.54) is 35.5 Å². The molecule has 0 bridgehead atoms. The van der Waals surface area contributed by atoms with E-state index in [9.17, 15) is 14.0 Å². The molecule has 0 spiro atoms. The highest BCUT2D eigenvalue weighted by Gasteiger charge is 2.42. The van der Waals surface area contributed by atoms with Crippen molar-refractivity contribution in [3.63, 3.8) is 0 Å². The van der Waals surface area contributed by atoms with Crippen molar-refractivity contribution in [2.45, 2.75) is 5.92 Å². The lowest BCUT2D eigenvalue weighted by atomic mass is 9.94. The summed E-state index contributed by atoms with van der Waals surface area (Å²) in [5, 5.41) is 0.111. The van der Waals surface area contributed by atoms with Gasteiger partial charge in [0.1, 0.15) is 29.7 Å². The minimum atomic E-state index is -0.788. The number of primary amides is 1. The van der Waals surface area contributed by atoms with Crippen LogP contribution in [0.3, 0.4) is 0 Å². The molecule has 2 N–H and O–H groups in total. The molecule has 1 aromatic carbocycles. The van der Waals surface area contributed by atoms with Crippen LogP contribution in [0, 0.1) is 5.82 Å². The number of hydrogen-bond donors (Lipinski definition) is 1. The molecule has 22 heavy (non-hydrogen) atoms. The number of carbonyl (C=O) groups is 2. The molecule has 0 unspecified atom stereocenters. The van der Waals surface area contributed by atoms with Gasteiger partial charge in [0, 0.05) is 5.56 Å². The van der Waals surface area contributed by atoms with Gasteiger partial charge in [-0.25, -0.2) is 14.4 Å². The van der Waals surface area contributed by atoms with Crippen molar-refractivity contribution in [3.05, 3.63) is 52.7 Å². The Morgan fingerprint density at radius 2 is 2.00 bits per heavy atom.